The van der Waals surface area contributed by atoms with Crippen LogP contribution in [0.25, 0.3) is 0 Å². The van der Waals surface area contributed by atoms with Gasteiger partial charge in [0.15, 0.2) is 0 Å². The predicted molar refractivity (Wildman–Crippen MR) is 116 cm³/mol. The van der Waals surface area contributed by atoms with E-state index in [-0.39, 0.29) is 12.0 Å². The van der Waals surface area contributed by atoms with Crippen LogP contribution in [0.2, 0.25) is 0 Å². The number of benzene rings is 2. The number of rotatable bonds is 7. The number of carbonyl (C=O) groups excluding carboxylic acids is 1. The molecule has 7 nitrogen and oxygen atoms in total. The van der Waals surface area contributed by atoms with Crippen LogP contribution < -0.4 is 20.7 Å². The molecule has 1 amide bonds. The summed E-state index contributed by atoms with van der Waals surface area (Å²) in [6.45, 7) is 7.38. The van der Waals surface area contributed by atoms with Gasteiger partial charge in [-0.3, -0.25) is 4.79 Å². The number of aromatic nitrogens is 2. The Morgan fingerprint density at radius 3 is 2.10 bits per heavy atom. The Hall–Kier alpha value is -3.61. The van der Waals surface area contributed by atoms with Crippen molar-refractivity contribution < 1.29 is 9.53 Å². The Morgan fingerprint density at radius 1 is 0.897 bits per heavy atom. The second-order valence-corrected chi connectivity index (χ2v) is 6.92. The maximum Gasteiger partial charge on any atom is 0.229 e. The smallest absolute Gasteiger partial charge is 0.229 e. The zero-order valence-corrected chi connectivity index (χ0v) is 17.0. The third-order valence-corrected chi connectivity index (χ3v) is 3.81. The molecule has 0 radical (unpaired) electrons. The van der Waals surface area contributed by atoms with Crippen molar-refractivity contribution in [1.29, 1.82) is 0 Å². The fourth-order valence-electron chi connectivity index (χ4n) is 2.69. The first-order chi connectivity index (χ1) is 13.9. The van der Waals surface area contributed by atoms with Crippen molar-refractivity contribution in [3.63, 3.8) is 0 Å². The van der Waals surface area contributed by atoms with Crippen molar-refractivity contribution in [1.82, 2.24) is 9.97 Å². The van der Waals surface area contributed by atoms with E-state index < -0.39 is 0 Å². The van der Waals surface area contributed by atoms with Gasteiger partial charge in [-0.1, -0.05) is 0 Å². The van der Waals surface area contributed by atoms with Crippen LogP contribution in [-0.2, 0) is 4.79 Å². The van der Waals surface area contributed by atoms with E-state index in [1.807, 2.05) is 75.4 Å². The molecule has 2 aromatic carbocycles. The topological polar surface area (TPSA) is 88.2 Å². The molecule has 0 aliphatic carbocycles. The molecule has 1 aromatic heterocycles. The molecule has 0 aliphatic heterocycles. The molecule has 0 bridgehead atoms. The first kappa shape index (κ1) is 20.1. The number of ether oxygens (including phenoxy) is 1. The Balaban J connectivity index is 1.70. The summed E-state index contributed by atoms with van der Waals surface area (Å²) in [6, 6.07) is 17.0. The van der Waals surface area contributed by atoms with Crippen molar-refractivity contribution in [3.05, 3.63) is 60.3 Å². The molecule has 3 aromatic rings. The Bertz CT molecular complexity index is 969. The van der Waals surface area contributed by atoms with Crippen LogP contribution in [0.3, 0.4) is 0 Å². The SMILES string of the molecule is CC(=O)Nc1ccc(Nc2cc(C)nc(Nc3ccc(OC(C)C)cc3)n2)cc1. The van der Waals surface area contributed by atoms with Gasteiger partial charge in [0, 0.05) is 35.7 Å². The molecule has 7 heteroatoms. The molecule has 0 aliphatic rings. The van der Waals surface area contributed by atoms with Crippen LogP contribution in [0.1, 0.15) is 26.5 Å². The highest BCUT2D eigenvalue weighted by molar-refractivity contribution is 5.88. The van der Waals surface area contributed by atoms with E-state index in [1.165, 1.54) is 6.92 Å². The average Bonchev–Trinajstić information content (AvgIpc) is 2.64. The van der Waals surface area contributed by atoms with E-state index in [9.17, 15) is 4.79 Å². The molecular weight excluding hydrogens is 366 g/mol. The van der Waals surface area contributed by atoms with Crippen LogP contribution in [-0.4, -0.2) is 22.0 Å². The third kappa shape index (κ3) is 6.21. The normalized spacial score (nSPS) is 10.5. The van der Waals surface area contributed by atoms with Gasteiger partial charge in [-0.15, -0.1) is 0 Å². The number of amides is 1. The zero-order valence-electron chi connectivity index (χ0n) is 17.0. The number of nitrogens with zero attached hydrogens (tertiary/aromatic N) is 2. The second kappa shape index (κ2) is 9.05. The van der Waals surface area contributed by atoms with E-state index >= 15 is 0 Å². The van der Waals surface area contributed by atoms with Crippen LogP contribution in [0.15, 0.2) is 54.6 Å². The standard InChI is InChI=1S/C22H25N5O2/c1-14(2)29-20-11-9-19(10-12-20)26-22-23-15(3)13-21(27-22)25-18-7-5-17(6-8-18)24-16(4)28/h5-14H,1-4H3,(H,24,28)(H2,23,25,26,27). The molecule has 0 unspecified atom stereocenters. The lowest BCUT2D eigenvalue weighted by molar-refractivity contribution is -0.114. The molecule has 3 rings (SSSR count). The summed E-state index contributed by atoms with van der Waals surface area (Å²) in [6.07, 6.45) is 0.134. The summed E-state index contributed by atoms with van der Waals surface area (Å²) in [5, 5.41) is 9.22. The van der Waals surface area contributed by atoms with E-state index in [0.717, 1.165) is 28.5 Å². The number of aryl methyl sites for hydroxylation is 1. The molecule has 3 N–H and O–H groups in total. The van der Waals surface area contributed by atoms with Crippen LogP contribution in [0.4, 0.5) is 28.8 Å². The second-order valence-electron chi connectivity index (χ2n) is 6.92. The number of hydrogen-bond acceptors (Lipinski definition) is 6. The maximum absolute atomic E-state index is 11.1. The first-order valence-electron chi connectivity index (χ1n) is 9.41. The first-order valence-corrected chi connectivity index (χ1v) is 9.41. The lowest BCUT2D eigenvalue weighted by Crippen LogP contribution is -2.06. The Labute approximate surface area is 170 Å². The summed E-state index contributed by atoms with van der Waals surface area (Å²) in [5.74, 6) is 1.89. The summed E-state index contributed by atoms with van der Waals surface area (Å²) in [4.78, 5) is 20.1. The van der Waals surface area contributed by atoms with Crippen LogP contribution in [0.5, 0.6) is 5.75 Å². The minimum atomic E-state index is -0.100. The van der Waals surface area contributed by atoms with Gasteiger partial charge >= 0.3 is 0 Å². The summed E-state index contributed by atoms with van der Waals surface area (Å²) >= 11 is 0. The fraction of sp³-hybridized carbons (Fsp3) is 0.227. The highest BCUT2D eigenvalue weighted by Crippen LogP contribution is 2.22. The Kier molecular flexibility index (Phi) is 6.29. The van der Waals surface area contributed by atoms with Gasteiger partial charge in [0.25, 0.3) is 0 Å². The molecule has 29 heavy (non-hydrogen) atoms. The van der Waals surface area contributed by atoms with E-state index in [0.29, 0.717) is 11.8 Å². The minimum absolute atomic E-state index is 0.100. The lowest BCUT2D eigenvalue weighted by Gasteiger charge is -2.12. The average molecular weight is 391 g/mol. The zero-order chi connectivity index (χ0) is 20.8. The van der Waals surface area contributed by atoms with Crippen molar-refractivity contribution in [3.8, 4) is 5.75 Å². The van der Waals surface area contributed by atoms with Gasteiger partial charge in [0.1, 0.15) is 11.6 Å². The number of nitrogens with one attached hydrogen (secondary N) is 3. The molecular formula is C22H25N5O2. The molecule has 0 saturated carbocycles. The van der Waals surface area contributed by atoms with Crippen LogP contribution >= 0.6 is 0 Å². The molecule has 0 fully saturated rings. The lowest BCUT2D eigenvalue weighted by atomic mass is 10.2. The fourth-order valence-corrected chi connectivity index (χ4v) is 2.69. The molecule has 0 spiro atoms. The number of carbonyl (C=O) groups is 1. The Morgan fingerprint density at radius 2 is 1.48 bits per heavy atom. The van der Waals surface area contributed by atoms with Gasteiger partial charge in [-0.2, -0.15) is 4.98 Å². The largest absolute Gasteiger partial charge is 0.491 e. The van der Waals surface area contributed by atoms with Crippen molar-refractivity contribution in [2.45, 2.75) is 33.8 Å². The summed E-state index contributed by atoms with van der Waals surface area (Å²) in [7, 11) is 0. The summed E-state index contributed by atoms with van der Waals surface area (Å²) in [5.41, 5.74) is 3.31. The van der Waals surface area contributed by atoms with E-state index in [4.69, 9.17) is 4.74 Å². The quantitative estimate of drug-likeness (QED) is 0.524. The highest BCUT2D eigenvalue weighted by atomic mass is 16.5. The monoisotopic (exact) mass is 391 g/mol. The highest BCUT2D eigenvalue weighted by Gasteiger charge is 2.05. The maximum atomic E-state index is 11.1. The van der Waals surface area contributed by atoms with Gasteiger partial charge in [-0.05, 0) is 69.3 Å². The predicted octanol–water partition coefficient (Wildman–Crippen LogP) is 5.02. The van der Waals surface area contributed by atoms with Gasteiger partial charge in [0.05, 0.1) is 6.10 Å². The van der Waals surface area contributed by atoms with Crippen molar-refractivity contribution in [2.24, 2.45) is 0 Å². The third-order valence-electron chi connectivity index (χ3n) is 3.81. The number of hydrogen-bond donors (Lipinski definition) is 3. The van der Waals surface area contributed by atoms with E-state index in [1.54, 1.807) is 0 Å². The van der Waals surface area contributed by atoms with Crippen molar-refractivity contribution in [2.75, 3.05) is 16.0 Å². The van der Waals surface area contributed by atoms with Gasteiger partial charge in [-0.25, -0.2) is 4.98 Å². The molecule has 1 heterocycles. The molecule has 0 atom stereocenters. The van der Waals surface area contributed by atoms with Gasteiger partial charge in [0.2, 0.25) is 11.9 Å². The molecule has 150 valence electrons. The molecule has 0 saturated heterocycles. The van der Waals surface area contributed by atoms with Crippen molar-refractivity contribution >= 4 is 34.7 Å². The summed E-state index contributed by atoms with van der Waals surface area (Å²) < 4.78 is 5.66. The van der Waals surface area contributed by atoms with Gasteiger partial charge < -0.3 is 20.7 Å². The van der Waals surface area contributed by atoms with E-state index in [2.05, 4.69) is 25.9 Å². The minimum Gasteiger partial charge on any atom is -0.491 e. The number of anilines is 5. The van der Waals surface area contributed by atoms with Crippen LogP contribution in [0, 0.1) is 6.92 Å².